The van der Waals surface area contributed by atoms with E-state index < -0.39 is 7.92 Å². The highest BCUT2D eigenvalue weighted by molar-refractivity contribution is 7.64. The fourth-order valence-electron chi connectivity index (χ4n) is 0.548. The molecule has 2 nitrogen and oxygen atoms in total. The number of hydrogen-bond donors (Lipinski definition) is 2. The summed E-state index contributed by atoms with van der Waals surface area (Å²) in [6.45, 7) is 4.09. The highest BCUT2D eigenvalue weighted by Crippen LogP contribution is 2.43. The van der Waals surface area contributed by atoms with Gasteiger partial charge in [0.15, 0.2) is 0 Å². The Morgan fingerprint density at radius 1 is 1.10 bits per heavy atom. The van der Waals surface area contributed by atoms with E-state index in [0.29, 0.717) is 5.66 Å². The van der Waals surface area contributed by atoms with E-state index in [1.807, 2.05) is 13.8 Å². The normalized spacial score (nSPS) is 12.8. The first-order valence-electron chi connectivity index (χ1n) is 3.11. The van der Waals surface area contributed by atoms with E-state index in [-0.39, 0.29) is 0 Å². The number of hydrogen-bond acceptors (Lipinski definition) is 2. The van der Waals surface area contributed by atoms with Gasteiger partial charge in [-0.15, -0.1) is 0 Å². The second-order valence-corrected chi connectivity index (χ2v) is 4.66. The van der Waals surface area contributed by atoms with Gasteiger partial charge in [0.1, 0.15) is 0 Å². The summed E-state index contributed by atoms with van der Waals surface area (Å²) in [5.74, 6) is 3.40. The molecule has 0 aromatic heterocycles. The summed E-state index contributed by atoms with van der Waals surface area (Å²) in [5.41, 5.74) is 0.460. The van der Waals surface area contributed by atoms with Gasteiger partial charge in [-0.1, -0.05) is 21.8 Å². The van der Waals surface area contributed by atoms with Crippen LogP contribution in [0.4, 0.5) is 0 Å². The molecular weight excluding hydrogens is 147 g/mol. The zero-order valence-corrected chi connectivity index (χ0v) is 7.12. The Morgan fingerprint density at radius 3 is 1.70 bits per heavy atom. The van der Waals surface area contributed by atoms with E-state index in [1.165, 1.54) is 0 Å². The summed E-state index contributed by atoms with van der Waals surface area (Å²) in [6, 6.07) is 0. The molecule has 0 rings (SSSR count). The summed E-state index contributed by atoms with van der Waals surface area (Å²) >= 11 is 0. The van der Waals surface area contributed by atoms with Gasteiger partial charge in [0.05, 0.1) is 12.5 Å². The van der Waals surface area contributed by atoms with Crippen LogP contribution in [0.15, 0.2) is 24.2 Å². The molecule has 0 amide bonds. The summed E-state index contributed by atoms with van der Waals surface area (Å²) in [5, 5.41) is 16.9. The van der Waals surface area contributed by atoms with Gasteiger partial charge in [-0.2, -0.15) is 0 Å². The molecule has 0 aliphatic rings. The van der Waals surface area contributed by atoms with Crippen LogP contribution >= 0.6 is 7.92 Å². The van der Waals surface area contributed by atoms with Gasteiger partial charge in [-0.3, -0.25) is 0 Å². The van der Waals surface area contributed by atoms with Crippen molar-refractivity contribution in [1.29, 1.82) is 0 Å². The van der Waals surface area contributed by atoms with Gasteiger partial charge >= 0.3 is 0 Å². The second kappa shape index (κ2) is 5.31. The van der Waals surface area contributed by atoms with Crippen molar-refractivity contribution < 1.29 is 10.2 Å². The minimum Gasteiger partial charge on any atom is -0.516 e. The van der Waals surface area contributed by atoms with Crippen molar-refractivity contribution in [3.8, 4) is 0 Å². The summed E-state index contributed by atoms with van der Waals surface area (Å²) in [4.78, 5) is 0. The van der Waals surface area contributed by atoms with Crippen LogP contribution in [0.3, 0.4) is 0 Å². The molecule has 58 valence electrons. The summed E-state index contributed by atoms with van der Waals surface area (Å²) in [7, 11) is -0.481. The fraction of sp³-hybridized carbons (Fsp3) is 0.429. The van der Waals surface area contributed by atoms with Crippen LogP contribution in [-0.2, 0) is 0 Å². The maximum atomic E-state index is 8.43. The molecule has 0 bridgehead atoms. The lowest BCUT2D eigenvalue weighted by Gasteiger charge is -2.10. The quantitative estimate of drug-likeness (QED) is 0.492. The van der Waals surface area contributed by atoms with Gasteiger partial charge in [0.2, 0.25) is 0 Å². The van der Waals surface area contributed by atoms with Crippen LogP contribution in [0.2, 0.25) is 0 Å². The molecule has 0 atom stereocenters. The van der Waals surface area contributed by atoms with E-state index in [0.717, 1.165) is 12.5 Å². The van der Waals surface area contributed by atoms with Crippen molar-refractivity contribution in [2.24, 2.45) is 0 Å². The van der Waals surface area contributed by atoms with Gasteiger partial charge < -0.3 is 10.2 Å². The maximum Gasteiger partial charge on any atom is 0.0799 e. The molecule has 0 fully saturated rings. The lowest BCUT2D eigenvalue weighted by atomic mass is 10.6. The Morgan fingerprint density at radius 2 is 1.50 bits per heavy atom. The van der Waals surface area contributed by atoms with Gasteiger partial charge in [-0.25, -0.2) is 0 Å². The molecule has 0 unspecified atom stereocenters. The first-order chi connectivity index (χ1) is 4.72. The lowest BCUT2D eigenvalue weighted by molar-refractivity contribution is 0.474. The van der Waals surface area contributed by atoms with Crippen molar-refractivity contribution in [3.63, 3.8) is 0 Å². The standard InChI is InChI=1S/C7H13O2P/c1-7(2)10(5-3-8)6-4-9/h3-9H,1-2H3/b5-3+,6-4+. The molecule has 0 saturated carbocycles. The average molecular weight is 160 g/mol. The van der Waals surface area contributed by atoms with Crippen molar-refractivity contribution in [2.75, 3.05) is 0 Å². The Kier molecular flexibility index (Phi) is 5.05. The molecule has 0 saturated heterocycles. The van der Waals surface area contributed by atoms with E-state index in [9.17, 15) is 0 Å². The van der Waals surface area contributed by atoms with Crippen molar-refractivity contribution in [1.82, 2.24) is 0 Å². The molecule has 0 aliphatic carbocycles. The smallest absolute Gasteiger partial charge is 0.0799 e. The Labute approximate surface area is 62.6 Å². The molecule has 0 radical (unpaired) electrons. The van der Waals surface area contributed by atoms with E-state index in [4.69, 9.17) is 10.2 Å². The predicted molar refractivity (Wildman–Crippen MR) is 45.6 cm³/mol. The minimum absolute atomic E-state index is 0.460. The van der Waals surface area contributed by atoms with Crippen LogP contribution in [0, 0.1) is 0 Å². The molecule has 0 aromatic rings. The fourth-order valence-corrected chi connectivity index (χ4v) is 1.64. The third kappa shape index (κ3) is 3.52. The number of aliphatic hydroxyl groups is 2. The molecule has 3 heteroatoms. The average Bonchev–Trinajstić information content (AvgIpc) is 1.87. The predicted octanol–water partition coefficient (Wildman–Crippen LogP) is 2.94. The van der Waals surface area contributed by atoms with Crippen LogP contribution in [0.5, 0.6) is 0 Å². The third-order valence-corrected chi connectivity index (χ3v) is 3.22. The summed E-state index contributed by atoms with van der Waals surface area (Å²) in [6.07, 6.45) is 2.07. The van der Waals surface area contributed by atoms with E-state index in [2.05, 4.69) is 0 Å². The number of rotatable bonds is 3. The van der Waals surface area contributed by atoms with Crippen molar-refractivity contribution >= 4 is 7.92 Å². The van der Waals surface area contributed by atoms with Crippen LogP contribution < -0.4 is 0 Å². The molecule has 0 heterocycles. The van der Waals surface area contributed by atoms with Crippen molar-refractivity contribution in [2.45, 2.75) is 19.5 Å². The Balaban J connectivity index is 3.98. The second-order valence-electron chi connectivity index (χ2n) is 2.14. The first kappa shape index (κ1) is 9.51. The lowest BCUT2D eigenvalue weighted by Crippen LogP contribution is -1.86. The SMILES string of the molecule is CC(C)P(/C=C/O)/C=C/O. The number of aliphatic hydroxyl groups excluding tert-OH is 2. The zero-order valence-electron chi connectivity index (χ0n) is 6.23. The van der Waals surface area contributed by atoms with E-state index >= 15 is 0 Å². The Bertz CT molecular complexity index is 118. The molecule has 0 spiro atoms. The monoisotopic (exact) mass is 160 g/mol. The molecule has 2 N–H and O–H groups in total. The van der Waals surface area contributed by atoms with Gasteiger partial charge in [0.25, 0.3) is 0 Å². The third-order valence-electron chi connectivity index (χ3n) is 1.07. The first-order valence-corrected chi connectivity index (χ1v) is 4.66. The molecule has 0 aromatic carbocycles. The highest BCUT2D eigenvalue weighted by Gasteiger charge is 2.03. The minimum atomic E-state index is -0.481. The van der Waals surface area contributed by atoms with Gasteiger partial charge in [0, 0.05) is 0 Å². The van der Waals surface area contributed by atoms with E-state index in [1.54, 1.807) is 11.6 Å². The van der Waals surface area contributed by atoms with Crippen molar-refractivity contribution in [3.05, 3.63) is 24.2 Å². The van der Waals surface area contributed by atoms with Crippen LogP contribution in [0.25, 0.3) is 0 Å². The molecule has 0 aliphatic heterocycles. The zero-order chi connectivity index (χ0) is 7.98. The largest absolute Gasteiger partial charge is 0.516 e. The van der Waals surface area contributed by atoms with Crippen LogP contribution in [0.1, 0.15) is 13.8 Å². The Hall–Kier alpha value is -0.490. The molecule has 10 heavy (non-hydrogen) atoms. The van der Waals surface area contributed by atoms with Gasteiger partial charge in [-0.05, 0) is 17.3 Å². The van der Waals surface area contributed by atoms with Crippen LogP contribution in [-0.4, -0.2) is 15.9 Å². The highest BCUT2D eigenvalue weighted by atomic mass is 31.1. The topological polar surface area (TPSA) is 40.5 Å². The summed E-state index contributed by atoms with van der Waals surface area (Å²) < 4.78 is 0. The molecular formula is C7H13O2P. The maximum absolute atomic E-state index is 8.43.